The molecule has 0 saturated carbocycles. The van der Waals surface area contributed by atoms with Crippen LogP contribution in [0.3, 0.4) is 0 Å². The number of fused-ring (bicyclic) bond motifs is 1. The molecule has 35 heavy (non-hydrogen) atoms. The number of hydrogen-bond acceptors (Lipinski definition) is 5. The molecule has 1 amide bonds. The summed E-state index contributed by atoms with van der Waals surface area (Å²) in [6, 6.07) is 10.6. The van der Waals surface area contributed by atoms with E-state index in [-0.39, 0.29) is 11.8 Å². The standard InChI is InChI=1S/C27H33ClN4O3/c28-23-6-2-1-5-22(23)24(27(34)35)32-15-11-20(17-32)26(33)31-13-9-18(10-14-31)16-21-8-7-19-4-3-12-29-25(19)30-21/h1-2,5-8,18,20,24H,3-4,9-17H2,(H,29,30)(H,34,35)/t20-,24+/m1/s1. The van der Waals surface area contributed by atoms with Gasteiger partial charge in [-0.3, -0.25) is 14.5 Å². The Hall–Kier alpha value is -2.64. The average molecular weight is 497 g/mol. The summed E-state index contributed by atoms with van der Waals surface area (Å²) < 4.78 is 0. The lowest BCUT2D eigenvalue weighted by Gasteiger charge is -2.34. The van der Waals surface area contributed by atoms with Crippen LogP contribution in [0.5, 0.6) is 0 Å². The van der Waals surface area contributed by atoms with Gasteiger partial charge in [0.1, 0.15) is 11.9 Å². The fourth-order valence-corrected chi connectivity index (χ4v) is 6.04. The van der Waals surface area contributed by atoms with Crippen molar-refractivity contribution >= 4 is 29.3 Å². The van der Waals surface area contributed by atoms with Crippen molar-refractivity contribution in [2.75, 3.05) is 38.0 Å². The molecule has 3 aliphatic heterocycles. The molecule has 7 nitrogen and oxygen atoms in total. The van der Waals surface area contributed by atoms with E-state index in [0.29, 0.717) is 36.0 Å². The third-order valence-electron chi connectivity index (χ3n) is 7.74. The lowest BCUT2D eigenvalue weighted by atomic mass is 9.91. The number of pyridine rings is 1. The number of carboxylic acid groups (broad SMARTS) is 1. The van der Waals surface area contributed by atoms with Crippen LogP contribution in [-0.2, 0) is 22.4 Å². The number of hydrogen-bond donors (Lipinski definition) is 2. The molecule has 2 N–H and O–H groups in total. The Morgan fingerprint density at radius 1 is 1.11 bits per heavy atom. The first-order valence-electron chi connectivity index (χ1n) is 12.7. The van der Waals surface area contributed by atoms with Gasteiger partial charge in [0, 0.05) is 43.4 Å². The van der Waals surface area contributed by atoms with Crippen LogP contribution in [0.2, 0.25) is 5.02 Å². The van der Waals surface area contributed by atoms with E-state index in [1.54, 1.807) is 24.3 Å². The molecule has 2 saturated heterocycles. The minimum absolute atomic E-state index is 0.158. The highest BCUT2D eigenvalue weighted by atomic mass is 35.5. The van der Waals surface area contributed by atoms with Gasteiger partial charge >= 0.3 is 5.97 Å². The van der Waals surface area contributed by atoms with Gasteiger partial charge in [0.2, 0.25) is 5.91 Å². The Labute approximate surface area is 211 Å². The summed E-state index contributed by atoms with van der Waals surface area (Å²) in [5, 5.41) is 13.8. The number of carboxylic acids is 1. The van der Waals surface area contributed by atoms with Crippen LogP contribution in [0.25, 0.3) is 0 Å². The molecule has 0 radical (unpaired) electrons. The van der Waals surface area contributed by atoms with E-state index < -0.39 is 12.0 Å². The molecule has 0 spiro atoms. The second kappa shape index (κ2) is 10.5. The van der Waals surface area contributed by atoms with Crippen LogP contribution >= 0.6 is 11.6 Å². The quantitative estimate of drug-likeness (QED) is 0.628. The van der Waals surface area contributed by atoms with Crippen LogP contribution in [-0.4, -0.2) is 64.5 Å². The van der Waals surface area contributed by atoms with Crippen LogP contribution in [0, 0.1) is 11.8 Å². The highest BCUT2D eigenvalue weighted by Crippen LogP contribution is 2.33. The van der Waals surface area contributed by atoms with Crippen molar-refractivity contribution in [1.29, 1.82) is 0 Å². The SMILES string of the molecule is O=C(O)[C@H](c1ccccc1Cl)N1CC[C@@H](C(=O)N2CCC(Cc3ccc4c(n3)NCCC4)CC2)C1. The first kappa shape index (κ1) is 24.1. The Morgan fingerprint density at radius 2 is 1.91 bits per heavy atom. The summed E-state index contributed by atoms with van der Waals surface area (Å²) in [5.74, 6) is 0.640. The van der Waals surface area contributed by atoms with E-state index in [9.17, 15) is 14.7 Å². The molecule has 0 unspecified atom stereocenters. The molecular formula is C27H33ClN4O3. The molecule has 8 heteroatoms. The molecular weight excluding hydrogens is 464 g/mol. The topological polar surface area (TPSA) is 85.8 Å². The summed E-state index contributed by atoms with van der Waals surface area (Å²) in [4.78, 5) is 34.1. The number of nitrogens with zero attached hydrogens (tertiary/aromatic N) is 3. The number of piperidine rings is 1. The monoisotopic (exact) mass is 496 g/mol. The second-order valence-electron chi connectivity index (χ2n) is 10.1. The van der Waals surface area contributed by atoms with E-state index in [1.807, 2.05) is 9.80 Å². The number of likely N-dealkylation sites (tertiary alicyclic amines) is 2. The lowest BCUT2D eigenvalue weighted by Crippen LogP contribution is -2.43. The van der Waals surface area contributed by atoms with Crippen LogP contribution in [0.1, 0.15) is 48.5 Å². The van der Waals surface area contributed by atoms with Crippen molar-refractivity contribution in [3.05, 3.63) is 58.2 Å². The first-order valence-corrected chi connectivity index (χ1v) is 13.1. The molecule has 186 valence electrons. The maximum absolute atomic E-state index is 13.3. The van der Waals surface area contributed by atoms with Gasteiger partial charge in [-0.15, -0.1) is 0 Å². The third kappa shape index (κ3) is 5.31. The van der Waals surface area contributed by atoms with Gasteiger partial charge in [-0.25, -0.2) is 4.98 Å². The summed E-state index contributed by atoms with van der Waals surface area (Å²) in [5.41, 5.74) is 3.03. The number of rotatable bonds is 6. The second-order valence-corrected chi connectivity index (χ2v) is 10.5. The Morgan fingerprint density at radius 3 is 2.69 bits per heavy atom. The van der Waals surface area contributed by atoms with Gasteiger partial charge in [-0.2, -0.15) is 0 Å². The molecule has 5 rings (SSSR count). The maximum Gasteiger partial charge on any atom is 0.325 e. The predicted octanol–water partition coefficient (Wildman–Crippen LogP) is 4.02. The van der Waals surface area contributed by atoms with Crippen LogP contribution in [0.4, 0.5) is 5.82 Å². The van der Waals surface area contributed by atoms with Gasteiger partial charge in [-0.1, -0.05) is 35.9 Å². The number of carbonyl (C=O) groups is 2. The number of anilines is 1. The Kier molecular flexibility index (Phi) is 7.25. The normalized spacial score (nSPS) is 21.9. The highest BCUT2D eigenvalue weighted by Gasteiger charge is 2.39. The predicted molar refractivity (Wildman–Crippen MR) is 136 cm³/mol. The van der Waals surface area contributed by atoms with Crippen molar-refractivity contribution < 1.29 is 14.7 Å². The molecule has 2 fully saturated rings. The molecule has 0 aliphatic carbocycles. The Balaban J connectivity index is 1.15. The summed E-state index contributed by atoms with van der Waals surface area (Å²) in [6.07, 6.45) is 5.85. The zero-order valence-corrected chi connectivity index (χ0v) is 20.7. The van der Waals surface area contributed by atoms with Gasteiger partial charge in [-0.05, 0) is 67.7 Å². The summed E-state index contributed by atoms with van der Waals surface area (Å²) >= 11 is 6.30. The van der Waals surface area contributed by atoms with E-state index in [2.05, 4.69) is 17.4 Å². The van der Waals surface area contributed by atoms with Crippen molar-refractivity contribution in [1.82, 2.24) is 14.8 Å². The number of halogens is 1. The van der Waals surface area contributed by atoms with Crippen molar-refractivity contribution in [3.8, 4) is 0 Å². The zero-order valence-electron chi connectivity index (χ0n) is 20.0. The van der Waals surface area contributed by atoms with E-state index in [1.165, 1.54) is 5.56 Å². The largest absolute Gasteiger partial charge is 0.480 e. The van der Waals surface area contributed by atoms with E-state index >= 15 is 0 Å². The van der Waals surface area contributed by atoms with Crippen molar-refractivity contribution in [3.63, 3.8) is 0 Å². The van der Waals surface area contributed by atoms with Gasteiger partial charge in [0.05, 0.1) is 5.92 Å². The smallest absolute Gasteiger partial charge is 0.325 e. The lowest BCUT2D eigenvalue weighted by molar-refractivity contribution is -0.144. The highest BCUT2D eigenvalue weighted by molar-refractivity contribution is 6.31. The first-order chi connectivity index (χ1) is 17.0. The number of aliphatic carboxylic acids is 1. The molecule has 1 aromatic heterocycles. The van der Waals surface area contributed by atoms with Crippen molar-refractivity contribution in [2.45, 2.75) is 44.6 Å². The van der Waals surface area contributed by atoms with E-state index in [0.717, 1.165) is 63.3 Å². The number of benzene rings is 1. The van der Waals surface area contributed by atoms with E-state index in [4.69, 9.17) is 16.6 Å². The molecule has 0 bridgehead atoms. The fourth-order valence-electron chi connectivity index (χ4n) is 5.80. The maximum atomic E-state index is 13.3. The van der Waals surface area contributed by atoms with Gasteiger partial charge < -0.3 is 15.3 Å². The number of aromatic nitrogens is 1. The van der Waals surface area contributed by atoms with Crippen LogP contribution < -0.4 is 5.32 Å². The molecule has 4 heterocycles. The molecule has 1 aromatic carbocycles. The zero-order chi connectivity index (χ0) is 24.4. The number of carbonyl (C=O) groups excluding carboxylic acids is 1. The minimum Gasteiger partial charge on any atom is -0.480 e. The molecule has 3 aliphatic rings. The van der Waals surface area contributed by atoms with Crippen LogP contribution in [0.15, 0.2) is 36.4 Å². The summed E-state index contributed by atoms with van der Waals surface area (Å²) in [7, 11) is 0. The van der Waals surface area contributed by atoms with Gasteiger partial charge in [0.15, 0.2) is 0 Å². The molecule has 2 aromatic rings. The number of amides is 1. The number of nitrogens with one attached hydrogen (secondary N) is 1. The average Bonchev–Trinajstić information content (AvgIpc) is 3.35. The fraction of sp³-hybridized carbons (Fsp3) is 0.519. The van der Waals surface area contributed by atoms with Crippen molar-refractivity contribution in [2.24, 2.45) is 11.8 Å². The molecule has 2 atom stereocenters. The number of aryl methyl sites for hydroxylation is 1. The third-order valence-corrected chi connectivity index (χ3v) is 8.09. The van der Waals surface area contributed by atoms with Gasteiger partial charge in [0.25, 0.3) is 0 Å². The Bertz CT molecular complexity index is 1090. The summed E-state index contributed by atoms with van der Waals surface area (Å²) in [6.45, 7) is 3.54. The minimum atomic E-state index is -0.932.